The number of rotatable bonds is 3. The summed E-state index contributed by atoms with van der Waals surface area (Å²) in [6, 6.07) is 10.0. The number of pyridine rings is 1. The van der Waals surface area contributed by atoms with Crippen LogP contribution in [0.3, 0.4) is 0 Å². The van der Waals surface area contributed by atoms with Gasteiger partial charge in [0.25, 0.3) is 0 Å². The fourth-order valence-electron chi connectivity index (χ4n) is 1.65. The molecule has 0 aliphatic rings. The highest BCUT2D eigenvalue weighted by molar-refractivity contribution is 6.30. The van der Waals surface area contributed by atoms with E-state index in [1.165, 1.54) is 12.1 Å². The van der Waals surface area contributed by atoms with Crippen LogP contribution < -0.4 is 4.90 Å². The first-order chi connectivity index (χ1) is 8.20. The molecule has 0 unspecified atom stereocenters. The summed E-state index contributed by atoms with van der Waals surface area (Å²) in [6.07, 6.45) is 1.58. The SMILES string of the molecule is CCN(c1cccc(F)c1)c1ccc(Cl)cn1. The zero-order chi connectivity index (χ0) is 12.3. The molecule has 2 aromatic rings. The summed E-state index contributed by atoms with van der Waals surface area (Å²) in [4.78, 5) is 6.14. The molecule has 2 rings (SSSR count). The Morgan fingerprint density at radius 3 is 2.71 bits per heavy atom. The lowest BCUT2D eigenvalue weighted by Crippen LogP contribution is -2.17. The van der Waals surface area contributed by atoms with Gasteiger partial charge in [-0.1, -0.05) is 17.7 Å². The predicted octanol–water partition coefficient (Wildman–Crippen LogP) is 4.03. The first kappa shape index (κ1) is 11.9. The van der Waals surface area contributed by atoms with E-state index in [4.69, 9.17) is 11.6 Å². The standard InChI is InChI=1S/C13H12ClFN2/c1-2-17(12-5-3-4-11(15)8-12)13-7-6-10(14)9-16-13/h3-9H,2H2,1H3. The van der Waals surface area contributed by atoms with Crippen LogP contribution >= 0.6 is 11.6 Å². The van der Waals surface area contributed by atoms with Crippen LogP contribution in [0.1, 0.15) is 6.92 Å². The highest BCUT2D eigenvalue weighted by Crippen LogP contribution is 2.24. The average Bonchev–Trinajstić information content (AvgIpc) is 2.33. The third-order valence-electron chi connectivity index (χ3n) is 2.42. The second-order valence-corrected chi connectivity index (χ2v) is 4.00. The predicted molar refractivity (Wildman–Crippen MR) is 68.3 cm³/mol. The topological polar surface area (TPSA) is 16.1 Å². The molecular formula is C13H12ClFN2. The maximum atomic E-state index is 13.2. The molecule has 1 aromatic heterocycles. The van der Waals surface area contributed by atoms with Crippen molar-refractivity contribution in [2.75, 3.05) is 11.4 Å². The molecular weight excluding hydrogens is 239 g/mol. The van der Waals surface area contributed by atoms with Gasteiger partial charge >= 0.3 is 0 Å². The molecule has 0 radical (unpaired) electrons. The molecule has 0 bridgehead atoms. The average molecular weight is 251 g/mol. The molecule has 0 saturated heterocycles. The fourth-order valence-corrected chi connectivity index (χ4v) is 1.76. The van der Waals surface area contributed by atoms with Gasteiger partial charge in [-0.3, -0.25) is 0 Å². The van der Waals surface area contributed by atoms with Crippen LogP contribution in [0, 0.1) is 5.82 Å². The number of hydrogen-bond donors (Lipinski definition) is 0. The molecule has 2 nitrogen and oxygen atoms in total. The normalized spacial score (nSPS) is 10.3. The van der Waals surface area contributed by atoms with Gasteiger partial charge in [-0.05, 0) is 37.3 Å². The molecule has 0 saturated carbocycles. The minimum atomic E-state index is -0.255. The minimum Gasteiger partial charge on any atom is -0.327 e. The molecule has 1 heterocycles. The monoisotopic (exact) mass is 250 g/mol. The van der Waals surface area contributed by atoms with Gasteiger partial charge in [0.2, 0.25) is 0 Å². The zero-order valence-electron chi connectivity index (χ0n) is 9.40. The summed E-state index contributed by atoms with van der Waals surface area (Å²) >= 11 is 5.79. The van der Waals surface area contributed by atoms with Crippen molar-refractivity contribution in [1.29, 1.82) is 0 Å². The van der Waals surface area contributed by atoms with Crippen molar-refractivity contribution < 1.29 is 4.39 Å². The van der Waals surface area contributed by atoms with Crippen LogP contribution in [-0.4, -0.2) is 11.5 Å². The first-order valence-electron chi connectivity index (χ1n) is 5.35. The Kier molecular flexibility index (Phi) is 3.59. The van der Waals surface area contributed by atoms with Crippen molar-refractivity contribution in [3.63, 3.8) is 0 Å². The first-order valence-corrected chi connectivity index (χ1v) is 5.73. The number of hydrogen-bond acceptors (Lipinski definition) is 2. The molecule has 0 amide bonds. The highest BCUT2D eigenvalue weighted by Gasteiger charge is 2.08. The van der Waals surface area contributed by atoms with Crippen LogP contribution in [0.5, 0.6) is 0 Å². The van der Waals surface area contributed by atoms with Gasteiger partial charge < -0.3 is 4.90 Å². The Morgan fingerprint density at radius 2 is 2.12 bits per heavy atom. The molecule has 0 fully saturated rings. The number of aromatic nitrogens is 1. The molecule has 0 aliphatic heterocycles. The second kappa shape index (κ2) is 5.15. The quantitative estimate of drug-likeness (QED) is 0.818. The summed E-state index contributed by atoms with van der Waals surface area (Å²) in [5, 5.41) is 0.587. The number of benzene rings is 1. The van der Waals surface area contributed by atoms with Gasteiger partial charge in [-0.2, -0.15) is 0 Å². The molecule has 17 heavy (non-hydrogen) atoms. The summed E-state index contributed by atoms with van der Waals surface area (Å²) in [6.45, 7) is 2.69. The van der Waals surface area contributed by atoms with E-state index in [-0.39, 0.29) is 5.82 Å². The molecule has 88 valence electrons. The van der Waals surface area contributed by atoms with Gasteiger partial charge in [0.05, 0.1) is 5.02 Å². The lowest BCUT2D eigenvalue weighted by atomic mass is 10.2. The van der Waals surface area contributed by atoms with Gasteiger partial charge in [0.1, 0.15) is 11.6 Å². The summed E-state index contributed by atoms with van der Waals surface area (Å²) in [7, 11) is 0. The highest BCUT2D eigenvalue weighted by atomic mass is 35.5. The van der Waals surface area contributed by atoms with Crippen molar-refractivity contribution in [2.24, 2.45) is 0 Å². The Balaban J connectivity index is 2.36. The van der Waals surface area contributed by atoms with E-state index in [0.717, 1.165) is 11.5 Å². The molecule has 0 aliphatic carbocycles. The lowest BCUT2D eigenvalue weighted by molar-refractivity contribution is 0.627. The lowest BCUT2D eigenvalue weighted by Gasteiger charge is -2.21. The summed E-state index contributed by atoms with van der Waals surface area (Å²) in [5.41, 5.74) is 0.780. The molecule has 0 atom stereocenters. The van der Waals surface area contributed by atoms with E-state index < -0.39 is 0 Å². The van der Waals surface area contributed by atoms with E-state index >= 15 is 0 Å². The number of anilines is 2. The fraction of sp³-hybridized carbons (Fsp3) is 0.154. The van der Waals surface area contributed by atoms with Crippen molar-refractivity contribution in [1.82, 2.24) is 4.98 Å². The Hall–Kier alpha value is -1.61. The molecule has 0 spiro atoms. The van der Waals surface area contributed by atoms with E-state index in [9.17, 15) is 4.39 Å². The van der Waals surface area contributed by atoms with E-state index in [2.05, 4.69) is 4.98 Å². The van der Waals surface area contributed by atoms with Crippen molar-refractivity contribution in [3.05, 3.63) is 53.4 Å². The minimum absolute atomic E-state index is 0.255. The molecule has 4 heteroatoms. The van der Waals surface area contributed by atoms with Gasteiger partial charge in [-0.15, -0.1) is 0 Å². The smallest absolute Gasteiger partial charge is 0.133 e. The van der Waals surface area contributed by atoms with E-state index in [1.54, 1.807) is 18.3 Å². The van der Waals surface area contributed by atoms with E-state index in [0.29, 0.717) is 11.6 Å². The van der Waals surface area contributed by atoms with Crippen LogP contribution in [0.15, 0.2) is 42.6 Å². The summed E-state index contributed by atoms with van der Waals surface area (Å²) < 4.78 is 13.2. The van der Waals surface area contributed by atoms with Crippen LogP contribution in [0.2, 0.25) is 5.02 Å². The number of halogens is 2. The Bertz CT molecular complexity index is 499. The van der Waals surface area contributed by atoms with E-state index in [1.807, 2.05) is 24.0 Å². The maximum absolute atomic E-state index is 13.2. The third kappa shape index (κ3) is 2.74. The summed E-state index contributed by atoms with van der Waals surface area (Å²) in [5.74, 6) is 0.498. The molecule has 0 N–H and O–H groups in total. The molecule has 1 aromatic carbocycles. The Morgan fingerprint density at radius 1 is 1.29 bits per heavy atom. The Labute approximate surface area is 105 Å². The van der Waals surface area contributed by atoms with Crippen LogP contribution in [0.4, 0.5) is 15.9 Å². The zero-order valence-corrected chi connectivity index (χ0v) is 10.2. The third-order valence-corrected chi connectivity index (χ3v) is 2.65. The van der Waals surface area contributed by atoms with Gasteiger partial charge in [0, 0.05) is 18.4 Å². The van der Waals surface area contributed by atoms with Crippen molar-refractivity contribution >= 4 is 23.1 Å². The van der Waals surface area contributed by atoms with Crippen molar-refractivity contribution in [2.45, 2.75) is 6.92 Å². The van der Waals surface area contributed by atoms with Crippen molar-refractivity contribution in [3.8, 4) is 0 Å². The maximum Gasteiger partial charge on any atom is 0.133 e. The van der Waals surface area contributed by atoms with Gasteiger partial charge in [-0.25, -0.2) is 9.37 Å². The van der Waals surface area contributed by atoms with Gasteiger partial charge in [0.15, 0.2) is 0 Å². The van der Waals surface area contributed by atoms with Crippen LogP contribution in [-0.2, 0) is 0 Å². The van der Waals surface area contributed by atoms with Crippen LogP contribution in [0.25, 0.3) is 0 Å². The number of nitrogens with zero attached hydrogens (tertiary/aromatic N) is 2. The largest absolute Gasteiger partial charge is 0.327 e. The second-order valence-electron chi connectivity index (χ2n) is 3.56.